The number of benzene rings is 2. The molecule has 0 N–H and O–H groups in total. The van der Waals surface area contributed by atoms with E-state index in [2.05, 4.69) is 61.5 Å². The summed E-state index contributed by atoms with van der Waals surface area (Å²) in [6, 6.07) is 15.7. The smallest absolute Gasteiger partial charge is 0.139 e. The lowest BCUT2D eigenvalue weighted by atomic mass is 9.58. The molecule has 3 aliphatic carbocycles. The molecule has 2 unspecified atom stereocenters. The van der Waals surface area contributed by atoms with Gasteiger partial charge in [-0.2, -0.15) is 0 Å². The van der Waals surface area contributed by atoms with E-state index in [9.17, 15) is 9.60 Å². The molecular weight excluding hydrogens is 449 g/mol. The van der Waals surface area contributed by atoms with Gasteiger partial charge in [-0.3, -0.25) is 0 Å². The zero-order valence-corrected chi connectivity index (χ0v) is 21.6. The number of quaternary nitrogens is 1. The van der Waals surface area contributed by atoms with Gasteiger partial charge in [0.15, 0.2) is 0 Å². The molecule has 3 fully saturated rings. The second-order valence-electron chi connectivity index (χ2n) is 12.8. The van der Waals surface area contributed by atoms with Gasteiger partial charge in [-0.1, -0.05) is 61.5 Å². The quantitative estimate of drug-likeness (QED) is 0.333. The van der Waals surface area contributed by atoms with E-state index in [0.29, 0.717) is 11.8 Å². The van der Waals surface area contributed by atoms with E-state index in [1.54, 1.807) is 7.05 Å². The molecule has 1 saturated heterocycles. The molecule has 36 heavy (non-hydrogen) atoms. The average molecular weight is 488 g/mol. The van der Waals surface area contributed by atoms with Crippen molar-refractivity contribution < 1.29 is 13.8 Å². The van der Waals surface area contributed by atoms with Crippen LogP contribution in [0.1, 0.15) is 69.8 Å². The minimum atomic E-state index is -0.555. The molecule has 190 valence electrons. The number of alkyl halides is 1. The number of ether oxygens (including phenoxy) is 1. The summed E-state index contributed by atoms with van der Waals surface area (Å²) < 4.78 is 20.0. The highest BCUT2D eigenvalue weighted by molar-refractivity contribution is 5.83. The van der Waals surface area contributed by atoms with Crippen LogP contribution in [0.15, 0.2) is 65.8 Å². The van der Waals surface area contributed by atoms with Crippen LogP contribution in [0, 0.1) is 16.5 Å². The van der Waals surface area contributed by atoms with Crippen LogP contribution in [-0.4, -0.2) is 42.2 Å². The first-order chi connectivity index (χ1) is 17.3. The Hall–Kier alpha value is -2.01. The normalized spacial score (nSPS) is 40.6. The van der Waals surface area contributed by atoms with Crippen LogP contribution in [0.4, 0.5) is 4.39 Å². The topological polar surface area (TPSA) is 32.3 Å². The minimum Gasteiger partial charge on any atom is -0.633 e. The maximum atomic E-state index is 13.2. The van der Waals surface area contributed by atoms with Gasteiger partial charge in [0.1, 0.15) is 13.2 Å². The molecule has 2 aromatic rings. The van der Waals surface area contributed by atoms with Gasteiger partial charge in [-0.15, -0.1) is 0 Å². The van der Waals surface area contributed by atoms with Gasteiger partial charge in [0.2, 0.25) is 0 Å². The van der Waals surface area contributed by atoms with Crippen molar-refractivity contribution in [1.29, 1.82) is 0 Å². The van der Waals surface area contributed by atoms with Gasteiger partial charge in [0.05, 0.1) is 24.3 Å². The van der Waals surface area contributed by atoms with Gasteiger partial charge >= 0.3 is 0 Å². The largest absolute Gasteiger partial charge is 0.633 e. The van der Waals surface area contributed by atoms with Gasteiger partial charge in [-0.05, 0) is 83.3 Å². The van der Waals surface area contributed by atoms with Crippen molar-refractivity contribution in [3.63, 3.8) is 0 Å². The molecule has 4 heteroatoms. The third-order valence-corrected chi connectivity index (χ3v) is 11.1. The molecule has 2 aliphatic heterocycles. The Kier molecular flexibility index (Phi) is 4.98. The van der Waals surface area contributed by atoms with Crippen molar-refractivity contribution in [3.05, 3.63) is 76.5 Å². The van der Waals surface area contributed by atoms with Gasteiger partial charge in [0.25, 0.3) is 0 Å². The van der Waals surface area contributed by atoms with Crippen LogP contribution < -0.4 is 0 Å². The molecule has 2 spiro atoms. The van der Waals surface area contributed by atoms with Gasteiger partial charge in [0, 0.05) is 12.8 Å². The summed E-state index contributed by atoms with van der Waals surface area (Å²) >= 11 is 0. The fraction of sp³-hybridized carbons (Fsp3) is 0.562. The van der Waals surface area contributed by atoms with E-state index in [4.69, 9.17) is 4.74 Å². The summed E-state index contributed by atoms with van der Waals surface area (Å²) in [6.45, 7) is 2.00. The van der Waals surface area contributed by atoms with Crippen LogP contribution in [-0.2, 0) is 4.74 Å². The van der Waals surface area contributed by atoms with E-state index in [1.165, 1.54) is 40.3 Å². The predicted octanol–water partition coefficient (Wildman–Crippen LogP) is 7.36. The Morgan fingerprint density at radius 1 is 1.08 bits per heavy atom. The van der Waals surface area contributed by atoms with E-state index >= 15 is 0 Å². The molecular formula is C32H38FNO2. The van der Waals surface area contributed by atoms with Gasteiger partial charge < -0.3 is 14.6 Å². The standard InChI is InChI=1S/C32H38FNO2/c1-30-14-13-26-20-25-9-10-27(34(2,35)18-17-33)21-31(25)15-16-32(26,36-31)29(30)12-11-28(30)24-8-7-22-5-3-4-6-23(22)19-24/h3-8,13,19-20,27-29H,9-12,14-18,21H2,1-2H3/t27-,28-,29-,30-,31-,32?,34?/m1/s1. The monoisotopic (exact) mass is 487 g/mol. The molecule has 2 heterocycles. The Morgan fingerprint density at radius 2 is 1.92 bits per heavy atom. The van der Waals surface area contributed by atoms with Crippen LogP contribution in [0.2, 0.25) is 0 Å². The summed E-state index contributed by atoms with van der Waals surface area (Å²) in [7, 11) is 1.66. The van der Waals surface area contributed by atoms with Crippen LogP contribution in [0.25, 0.3) is 10.8 Å². The Bertz CT molecular complexity index is 1280. The molecule has 0 radical (unpaired) electrons. The number of allylic oxidation sites excluding steroid dienone is 1. The fourth-order valence-electron chi connectivity index (χ4n) is 9.17. The zero-order chi connectivity index (χ0) is 24.8. The first-order valence-corrected chi connectivity index (χ1v) is 14.0. The van der Waals surface area contributed by atoms with Crippen LogP contribution in [0.5, 0.6) is 0 Å². The molecule has 5 aliphatic rings. The first kappa shape index (κ1) is 23.1. The van der Waals surface area contributed by atoms with Crippen molar-refractivity contribution >= 4 is 10.8 Å². The lowest BCUT2D eigenvalue weighted by Crippen LogP contribution is -2.58. The summed E-state index contributed by atoms with van der Waals surface area (Å²) in [6.07, 6.45) is 13.0. The van der Waals surface area contributed by atoms with Gasteiger partial charge in [-0.25, -0.2) is 4.39 Å². The minimum absolute atomic E-state index is 0.0459. The lowest BCUT2D eigenvalue weighted by molar-refractivity contribution is -0.888. The molecule has 0 amide bonds. The highest BCUT2D eigenvalue weighted by Gasteiger charge is 2.67. The van der Waals surface area contributed by atoms with Crippen molar-refractivity contribution in [2.75, 3.05) is 20.3 Å². The zero-order valence-electron chi connectivity index (χ0n) is 21.6. The number of hydrogen-bond acceptors (Lipinski definition) is 2. The molecule has 2 aromatic carbocycles. The first-order valence-electron chi connectivity index (χ1n) is 14.0. The predicted molar refractivity (Wildman–Crippen MR) is 142 cm³/mol. The molecule has 0 aromatic heterocycles. The molecule has 2 saturated carbocycles. The van der Waals surface area contributed by atoms with E-state index in [0.717, 1.165) is 38.5 Å². The van der Waals surface area contributed by atoms with Crippen molar-refractivity contribution in [3.8, 4) is 0 Å². The Labute approximate surface area is 214 Å². The fourth-order valence-corrected chi connectivity index (χ4v) is 9.17. The second-order valence-corrected chi connectivity index (χ2v) is 12.8. The third kappa shape index (κ3) is 3.07. The molecule has 7 atom stereocenters. The number of hydrogen-bond donors (Lipinski definition) is 0. The SMILES string of the molecule is C[C@]12CC=C3C=C4CC[C@@H]([N+](C)([O-])CCF)C[C@]45CCC3(O5)[C@@H]1CC[C@@H]2c1ccc2ccccc2c1. The maximum Gasteiger partial charge on any atom is 0.139 e. The maximum absolute atomic E-state index is 13.2. The van der Waals surface area contributed by atoms with E-state index in [-0.39, 0.29) is 29.2 Å². The number of rotatable bonds is 4. The average Bonchev–Trinajstić information content (AvgIpc) is 3.38. The Balaban J connectivity index is 1.24. The summed E-state index contributed by atoms with van der Waals surface area (Å²) in [5, 5.41) is 15.9. The third-order valence-electron chi connectivity index (χ3n) is 11.1. The van der Waals surface area contributed by atoms with Crippen molar-refractivity contribution in [1.82, 2.24) is 0 Å². The lowest BCUT2D eigenvalue weighted by Gasteiger charge is -2.56. The summed E-state index contributed by atoms with van der Waals surface area (Å²) in [5.41, 5.74) is 3.89. The molecule has 7 rings (SSSR count). The summed E-state index contributed by atoms with van der Waals surface area (Å²) in [5.74, 6) is 1.01. The second kappa shape index (κ2) is 7.75. The highest BCUT2D eigenvalue weighted by Crippen LogP contribution is 2.69. The molecule has 3 nitrogen and oxygen atoms in total. The van der Waals surface area contributed by atoms with Crippen LogP contribution >= 0.6 is 0 Å². The van der Waals surface area contributed by atoms with Crippen LogP contribution in [0.3, 0.4) is 0 Å². The van der Waals surface area contributed by atoms with Crippen molar-refractivity contribution in [2.24, 2.45) is 11.3 Å². The number of fused-ring (bicyclic) bond motifs is 2. The number of halogens is 1. The van der Waals surface area contributed by atoms with Crippen molar-refractivity contribution in [2.45, 2.75) is 81.5 Å². The highest BCUT2D eigenvalue weighted by atomic mass is 19.1. The number of hydroxylamine groups is 3. The van der Waals surface area contributed by atoms with E-state index in [1.807, 2.05) is 0 Å². The molecule has 2 bridgehead atoms. The Morgan fingerprint density at radius 3 is 2.75 bits per heavy atom. The summed E-state index contributed by atoms with van der Waals surface area (Å²) in [4.78, 5) is 0. The van der Waals surface area contributed by atoms with E-state index < -0.39 is 11.3 Å². The number of nitrogens with zero attached hydrogens (tertiary/aromatic N) is 1.